The van der Waals surface area contributed by atoms with Crippen LogP contribution in [0.3, 0.4) is 0 Å². The van der Waals surface area contributed by atoms with E-state index < -0.39 is 57.9 Å². The van der Waals surface area contributed by atoms with Crippen molar-refractivity contribution in [3.8, 4) is 0 Å². The monoisotopic (exact) mass is 386 g/mol. The number of carbonyl (C=O) groups is 2. The van der Waals surface area contributed by atoms with Crippen molar-refractivity contribution in [1.29, 1.82) is 0 Å². The lowest BCUT2D eigenvalue weighted by atomic mass is 10.0. The highest BCUT2D eigenvalue weighted by Crippen LogP contribution is 2.35. The maximum atomic E-state index is 14.0. The molecule has 2 amide bonds. The molecule has 0 saturated carbocycles. The lowest BCUT2D eigenvalue weighted by Crippen LogP contribution is -2.30. The van der Waals surface area contributed by atoms with Crippen molar-refractivity contribution in [2.75, 3.05) is 10.6 Å². The van der Waals surface area contributed by atoms with Crippen LogP contribution in [0.5, 0.6) is 0 Å². The summed E-state index contributed by atoms with van der Waals surface area (Å²) in [6.07, 6.45) is -10.7. The number of nitrogens with one attached hydrogen (secondary N) is 2. The van der Waals surface area contributed by atoms with E-state index in [9.17, 15) is 44.7 Å². The summed E-state index contributed by atoms with van der Waals surface area (Å²) in [5.41, 5.74) is -1.69. The van der Waals surface area contributed by atoms with Crippen LogP contribution in [-0.4, -0.2) is 24.2 Å². The maximum Gasteiger partial charge on any atom is 0.471 e. The van der Waals surface area contributed by atoms with Crippen LogP contribution in [0.25, 0.3) is 10.8 Å². The lowest BCUT2D eigenvalue weighted by Gasteiger charge is -2.15. The van der Waals surface area contributed by atoms with Crippen LogP contribution in [0, 0.1) is 11.6 Å². The topological polar surface area (TPSA) is 58.2 Å². The molecule has 12 heteroatoms. The Kier molecular flexibility index (Phi) is 4.79. The highest BCUT2D eigenvalue weighted by atomic mass is 19.4. The van der Waals surface area contributed by atoms with Crippen molar-refractivity contribution in [3.63, 3.8) is 0 Å². The molecule has 26 heavy (non-hydrogen) atoms. The Morgan fingerprint density at radius 1 is 0.654 bits per heavy atom. The number of amides is 2. The fourth-order valence-corrected chi connectivity index (χ4v) is 2.01. The van der Waals surface area contributed by atoms with E-state index in [0.29, 0.717) is 24.3 Å². The van der Waals surface area contributed by atoms with E-state index in [1.165, 1.54) is 10.6 Å². The number of anilines is 2. The number of rotatable bonds is 2. The summed E-state index contributed by atoms with van der Waals surface area (Å²) >= 11 is 0. The molecule has 0 heterocycles. The van der Waals surface area contributed by atoms with Crippen molar-refractivity contribution in [2.24, 2.45) is 0 Å². The van der Waals surface area contributed by atoms with Gasteiger partial charge in [0.1, 0.15) is 11.6 Å². The predicted octanol–water partition coefficient (Wildman–Crippen LogP) is 4.12. The molecule has 4 nitrogen and oxygen atoms in total. The van der Waals surface area contributed by atoms with Gasteiger partial charge in [0.25, 0.3) is 0 Å². The average Bonchev–Trinajstić information content (AvgIpc) is 2.50. The third-order valence-corrected chi connectivity index (χ3v) is 3.07. The van der Waals surface area contributed by atoms with Crippen LogP contribution in [0.15, 0.2) is 24.3 Å². The summed E-state index contributed by atoms with van der Waals surface area (Å²) in [6, 6.07) is 2.19. The van der Waals surface area contributed by atoms with E-state index in [0.717, 1.165) is 0 Å². The van der Waals surface area contributed by atoms with Crippen LogP contribution >= 0.6 is 0 Å². The molecule has 2 rings (SSSR count). The highest BCUT2D eigenvalue weighted by molar-refractivity contribution is 6.10. The summed E-state index contributed by atoms with van der Waals surface area (Å²) in [6.45, 7) is 0. The number of fused-ring (bicyclic) bond motifs is 1. The number of hydrogen-bond acceptors (Lipinski definition) is 2. The molecule has 0 saturated heterocycles. The number of carbonyl (C=O) groups excluding carboxylic acids is 2. The van der Waals surface area contributed by atoms with Gasteiger partial charge < -0.3 is 10.6 Å². The molecule has 0 bridgehead atoms. The van der Waals surface area contributed by atoms with Crippen LogP contribution < -0.4 is 10.6 Å². The molecule has 0 atom stereocenters. The van der Waals surface area contributed by atoms with Gasteiger partial charge in [-0.15, -0.1) is 0 Å². The summed E-state index contributed by atoms with van der Waals surface area (Å²) < 4.78 is 102. The zero-order valence-electron chi connectivity index (χ0n) is 12.1. The molecule has 140 valence electrons. The average molecular weight is 386 g/mol. The van der Waals surface area contributed by atoms with Crippen molar-refractivity contribution < 1.29 is 44.7 Å². The first kappa shape index (κ1) is 19.4. The van der Waals surface area contributed by atoms with Gasteiger partial charge in [-0.25, -0.2) is 8.78 Å². The molecule has 0 aliphatic rings. The predicted molar refractivity (Wildman–Crippen MR) is 73.2 cm³/mol. The quantitative estimate of drug-likeness (QED) is 0.763. The molecule has 0 radical (unpaired) electrons. The summed E-state index contributed by atoms with van der Waals surface area (Å²) in [4.78, 5) is 22.0. The van der Waals surface area contributed by atoms with E-state index in [1.54, 1.807) is 0 Å². The minimum Gasteiger partial charge on any atom is -0.318 e. The Hall–Kier alpha value is -2.92. The van der Waals surface area contributed by atoms with Crippen molar-refractivity contribution >= 4 is 34.0 Å². The third kappa shape index (κ3) is 3.83. The van der Waals surface area contributed by atoms with Crippen molar-refractivity contribution in [2.45, 2.75) is 12.4 Å². The molecule has 0 fully saturated rings. The smallest absolute Gasteiger partial charge is 0.318 e. The second kappa shape index (κ2) is 6.42. The van der Waals surface area contributed by atoms with Gasteiger partial charge in [-0.3, -0.25) is 9.59 Å². The molecule has 0 aliphatic heterocycles. The van der Waals surface area contributed by atoms with Crippen LogP contribution in [0.1, 0.15) is 0 Å². The Morgan fingerprint density at radius 2 is 0.962 bits per heavy atom. The van der Waals surface area contributed by atoms with Gasteiger partial charge in [0.15, 0.2) is 0 Å². The molecule has 2 N–H and O–H groups in total. The minimum atomic E-state index is -5.35. The Labute approximate surface area is 138 Å². The SMILES string of the molecule is O=C(Nc1ccc(F)c2c(NC(=O)C(F)(F)F)ccc(F)c12)C(F)(F)F. The molecule has 0 aromatic heterocycles. The van der Waals surface area contributed by atoms with Gasteiger partial charge in [-0.05, 0) is 24.3 Å². The van der Waals surface area contributed by atoms with Gasteiger partial charge >= 0.3 is 24.2 Å². The number of halogens is 8. The first-order valence-electron chi connectivity index (χ1n) is 6.49. The first-order valence-corrected chi connectivity index (χ1v) is 6.49. The van der Waals surface area contributed by atoms with Gasteiger partial charge in [0.2, 0.25) is 0 Å². The Bertz CT molecular complexity index is 816. The fraction of sp³-hybridized carbons (Fsp3) is 0.143. The van der Waals surface area contributed by atoms with E-state index in [2.05, 4.69) is 0 Å². The van der Waals surface area contributed by atoms with E-state index >= 15 is 0 Å². The van der Waals surface area contributed by atoms with Crippen molar-refractivity contribution in [1.82, 2.24) is 0 Å². The molecule has 0 unspecified atom stereocenters. The van der Waals surface area contributed by atoms with Gasteiger partial charge in [0.05, 0.1) is 11.4 Å². The second-order valence-corrected chi connectivity index (χ2v) is 4.84. The van der Waals surface area contributed by atoms with Gasteiger partial charge in [-0.2, -0.15) is 26.3 Å². The zero-order chi connectivity index (χ0) is 19.9. The summed E-state index contributed by atoms with van der Waals surface area (Å²) in [7, 11) is 0. The molecule has 2 aromatic rings. The third-order valence-electron chi connectivity index (χ3n) is 3.07. The summed E-state index contributed by atoms with van der Waals surface area (Å²) in [5, 5.41) is 0.712. The van der Waals surface area contributed by atoms with Crippen LogP contribution in [0.4, 0.5) is 46.5 Å². The highest BCUT2D eigenvalue weighted by Gasteiger charge is 2.40. The second-order valence-electron chi connectivity index (χ2n) is 4.84. The zero-order valence-corrected chi connectivity index (χ0v) is 12.1. The van der Waals surface area contributed by atoms with Crippen LogP contribution in [0.2, 0.25) is 0 Å². The van der Waals surface area contributed by atoms with E-state index in [1.807, 2.05) is 0 Å². The van der Waals surface area contributed by atoms with E-state index in [4.69, 9.17) is 0 Å². The largest absolute Gasteiger partial charge is 0.471 e. The lowest BCUT2D eigenvalue weighted by molar-refractivity contribution is -0.167. The molecule has 2 aromatic carbocycles. The molecular formula is C14H6F8N2O2. The molecular weight excluding hydrogens is 380 g/mol. The summed E-state index contributed by atoms with van der Waals surface area (Å²) in [5.74, 6) is -7.67. The minimum absolute atomic E-state index is 0.497. The van der Waals surface area contributed by atoms with Gasteiger partial charge in [0, 0.05) is 10.8 Å². The number of benzene rings is 2. The van der Waals surface area contributed by atoms with E-state index in [-0.39, 0.29) is 0 Å². The number of alkyl halides is 6. The normalized spacial score (nSPS) is 12.2. The Morgan fingerprint density at radius 3 is 1.23 bits per heavy atom. The molecule has 0 aliphatic carbocycles. The fourth-order valence-electron chi connectivity index (χ4n) is 2.01. The molecule has 0 spiro atoms. The maximum absolute atomic E-state index is 14.0. The first-order chi connectivity index (χ1) is 11.8. The standard InChI is InChI=1S/C14H6F8N2O2/c15-5-1-3-7(23-11(25)13(17,18)19)10-6(16)2-4-8(9(5)10)24-12(26)14(20,21)22/h1-4H,(H,23,25)(H,24,26). The van der Waals surface area contributed by atoms with Gasteiger partial charge in [-0.1, -0.05) is 0 Å². The number of hydrogen-bond donors (Lipinski definition) is 2. The van der Waals surface area contributed by atoms with Crippen LogP contribution in [-0.2, 0) is 9.59 Å². The Balaban J connectivity index is 2.62. The van der Waals surface area contributed by atoms with Crippen molar-refractivity contribution in [3.05, 3.63) is 35.9 Å².